The van der Waals surface area contributed by atoms with Crippen LogP contribution in [-0.4, -0.2) is 30.7 Å². The minimum atomic E-state index is -3.16. The van der Waals surface area contributed by atoms with Crippen molar-refractivity contribution in [1.29, 1.82) is 0 Å². The summed E-state index contributed by atoms with van der Waals surface area (Å²) in [5, 5.41) is 3.98. The van der Waals surface area contributed by atoms with Crippen LogP contribution in [-0.2, 0) is 15.6 Å². The Morgan fingerprint density at radius 1 is 0.913 bits per heavy atom. The lowest BCUT2D eigenvalue weighted by molar-refractivity contribution is 0.595. The van der Waals surface area contributed by atoms with Crippen LogP contribution in [0.2, 0.25) is 0 Å². The number of anilines is 1. The van der Waals surface area contributed by atoms with E-state index in [1.165, 1.54) is 6.33 Å². The zero-order valence-corrected chi connectivity index (χ0v) is 13.3. The molecule has 0 aliphatic heterocycles. The second-order valence-corrected chi connectivity index (χ2v) is 7.43. The van der Waals surface area contributed by atoms with Crippen molar-refractivity contribution in [3.8, 4) is 0 Å². The van der Waals surface area contributed by atoms with Crippen LogP contribution in [0.1, 0.15) is 5.56 Å². The van der Waals surface area contributed by atoms with E-state index in [0.717, 1.165) is 16.5 Å². The third-order valence-electron chi connectivity index (χ3n) is 3.48. The molecule has 23 heavy (non-hydrogen) atoms. The van der Waals surface area contributed by atoms with E-state index in [1.54, 1.807) is 0 Å². The summed E-state index contributed by atoms with van der Waals surface area (Å²) >= 11 is 0. The zero-order chi connectivity index (χ0) is 16.1. The first-order valence-corrected chi connectivity index (χ1v) is 9.14. The van der Waals surface area contributed by atoms with E-state index in [0.29, 0.717) is 12.4 Å². The van der Waals surface area contributed by atoms with E-state index < -0.39 is 9.84 Å². The Balaban J connectivity index is 1.64. The fourth-order valence-corrected chi connectivity index (χ4v) is 3.63. The fraction of sp³-hybridized carbons (Fsp3) is 0.176. The van der Waals surface area contributed by atoms with Gasteiger partial charge in [-0.1, -0.05) is 42.5 Å². The second-order valence-electron chi connectivity index (χ2n) is 5.24. The predicted octanol–water partition coefficient (Wildman–Crippen LogP) is 2.66. The van der Waals surface area contributed by atoms with Crippen LogP contribution >= 0.6 is 0 Å². The molecule has 118 valence electrons. The molecule has 0 spiro atoms. The molecule has 0 bridgehead atoms. The molecule has 6 heteroatoms. The molecule has 3 rings (SSSR count). The predicted molar refractivity (Wildman–Crippen MR) is 92.0 cm³/mol. The molecular weight excluding hydrogens is 310 g/mol. The Morgan fingerprint density at radius 3 is 2.48 bits per heavy atom. The molecule has 5 nitrogen and oxygen atoms in total. The highest BCUT2D eigenvalue weighted by Crippen LogP contribution is 2.18. The van der Waals surface area contributed by atoms with Crippen molar-refractivity contribution < 1.29 is 8.42 Å². The first-order valence-electron chi connectivity index (χ1n) is 7.32. The van der Waals surface area contributed by atoms with Crippen molar-refractivity contribution in [3.05, 3.63) is 66.5 Å². The highest BCUT2D eigenvalue weighted by Gasteiger charge is 2.12. The van der Waals surface area contributed by atoms with E-state index in [-0.39, 0.29) is 11.5 Å². The maximum absolute atomic E-state index is 12.2. The van der Waals surface area contributed by atoms with Crippen LogP contribution in [0.15, 0.2) is 60.9 Å². The summed E-state index contributed by atoms with van der Waals surface area (Å²) in [6.07, 6.45) is 1.48. The third-order valence-corrected chi connectivity index (χ3v) is 5.08. The molecule has 0 fully saturated rings. The van der Waals surface area contributed by atoms with Gasteiger partial charge in [-0.15, -0.1) is 0 Å². The van der Waals surface area contributed by atoms with Crippen molar-refractivity contribution in [2.45, 2.75) is 5.75 Å². The summed E-state index contributed by atoms with van der Waals surface area (Å²) in [5.41, 5.74) is 1.64. The molecule has 0 saturated carbocycles. The van der Waals surface area contributed by atoms with Crippen molar-refractivity contribution in [2.24, 2.45) is 0 Å². The Hall–Kier alpha value is -2.47. The second kappa shape index (κ2) is 6.75. The number of benzene rings is 2. The van der Waals surface area contributed by atoms with Crippen LogP contribution in [0.4, 0.5) is 5.82 Å². The third kappa shape index (κ3) is 4.04. The number of rotatable bonds is 6. The van der Waals surface area contributed by atoms with Gasteiger partial charge in [0.1, 0.15) is 12.1 Å². The largest absolute Gasteiger partial charge is 0.368 e. The number of sulfone groups is 1. The topological polar surface area (TPSA) is 72.0 Å². The molecular formula is C17H17N3O2S. The lowest BCUT2D eigenvalue weighted by Crippen LogP contribution is -2.18. The molecule has 0 radical (unpaired) electrons. The molecule has 0 saturated heterocycles. The number of hydrogen-bond donors (Lipinski definition) is 1. The van der Waals surface area contributed by atoms with Gasteiger partial charge in [-0.3, -0.25) is 0 Å². The Kier molecular flexibility index (Phi) is 4.52. The van der Waals surface area contributed by atoms with Gasteiger partial charge >= 0.3 is 0 Å². The Bertz CT molecular complexity index is 891. The molecule has 0 amide bonds. The van der Waals surface area contributed by atoms with E-state index in [2.05, 4.69) is 15.3 Å². The SMILES string of the molecule is O=S(=O)(CCNc1ncnc2ccccc12)Cc1ccccc1. The van der Waals surface area contributed by atoms with Gasteiger partial charge in [-0.25, -0.2) is 18.4 Å². The van der Waals surface area contributed by atoms with E-state index >= 15 is 0 Å². The highest BCUT2D eigenvalue weighted by molar-refractivity contribution is 7.90. The summed E-state index contributed by atoms with van der Waals surface area (Å²) in [6.45, 7) is 0.316. The van der Waals surface area contributed by atoms with Crippen molar-refractivity contribution >= 4 is 26.6 Å². The summed E-state index contributed by atoms with van der Waals surface area (Å²) in [5.74, 6) is 0.769. The normalized spacial score (nSPS) is 11.5. The van der Waals surface area contributed by atoms with Gasteiger partial charge < -0.3 is 5.32 Å². The monoisotopic (exact) mass is 327 g/mol. The number of aromatic nitrogens is 2. The summed E-state index contributed by atoms with van der Waals surface area (Å²) < 4.78 is 24.4. The summed E-state index contributed by atoms with van der Waals surface area (Å²) in [7, 11) is -3.16. The maximum atomic E-state index is 12.2. The van der Waals surface area contributed by atoms with Crippen LogP contribution in [0.25, 0.3) is 10.9 Å². The van der Waals surface area contributed by atoms with Crippen LogP contribution in [0, 0.1) is 0 Å². The van der Waals surface area contributed by atoms with Crippen molar-refractivity contribution in [2.75, 3.05) is 17.6 Å². The van der Waals surface area contributed by atoms with Gasteiger partial charge in [-0.05, 0) is 17.7 Å². The van der Waals surface area contributed by atoms with Gasteiger partial charge in [-0.2, -0.15) is 0 Å². The van der Waals surface area contributed by atoms with Gasteiger partial charge in [0.15, 0.2) is 9.84 Å². The van der Waals surface area contributed by atoms with Crippen LogP contribution in [0.3, 0.4) is 0 Å². The van der Waals surface area contributed by atoms with Crippen LogP contribution < -0.4 is 5.32 Å². The van der Waals surface area contributed by atoms with Crippen molar-refractivity contribution in [3.63, 3.8) is 0 Å². The zero-order valence-electron chi connectivity index (χ0n) is 12.5. The van der Waals surface area contributed by atoms with Gasteiger partial charge in [0.2, 0.25) is 0 Å². The van der Waals surface area contributed by atoms with Crippen LogP contribution in [0.5, 0.6) is 0 Å². The smallest absolute Gasteiger partial charge is 0.156 e. The number of para-hydroxylation sites is 1. The standard InChI is InChI=1S/C17H17N3O2S/c21-23(22,12-14-6-2-1-3-7-14)11-10-18-17-15-8-4-5-9-16(15)19-13-20-17/h1-9,13H,10-12H2,(H,18,19,20). The Labute approximate surface area is 135 Å². The number of nitrogens with zero attached hydrogens (tertiary/aromatic N) is 2. The molecule has 0 aliphatic carbocycles. The number of fused-ring (bicyclic) bond motifs is 1. The first kappa shape index (κ1) is 15.4. The number of nitrogens with one attached hydrogen (secondary N) is 1. The van der Waals surface area contributed by atoms with E-state index in [4.69, 9.17) is 0 Å². The Morgan fingerprint density at radius 2 is 1.65 bits per heavy atom. The van der Waals surface area contributed by atoms with E-state index in [9.17, 15) is 8.42 Å². The molecule has 1 N–H and O–H groups in total. The molecule has 1 heterocycles. The average Bonchev–Trinajstić information content (AvgIpc) is 2.55. The molecule has 2 aromatic carbocycles. The molecule has 0 unspecified atom stereocenters. The number of hydrogen-bond acceptors (Lipinski definition) is 5. The fourth-order valence-electron chi connectivity index (χ4n) is 2.37. The van der Waals surface area contributed by atoms with Gasteiger partial charge in [0.05, 0.1) is 17.0 Å². The molecule has 0 atom stereocenters. The molecule has 1 aromatic heterocycles. The van der Waals surface area contributed by atoms with Crippen molar-refractivity contribution in [1.82, 2.24) is 9.97 Å². The average molecular weight is 327 g/mol. The molecule has 0 aliphatic rings. The molecule has 3 aromatic rings. The quantitative estimate of drug-likeness (QED) is 0.753. The van der Waals surface area contributed by atoms with E-state index in [1.807, 2.05) is 54.6 Å². The summed E-state index contributed by atoms with van der Waals surface area (Å²) in [4.78, 5) is 8.38. The van der Waals surface area contributed by atoms with Gasteiger partial charge in [0, 0.05) is 11.9 Å². The maximum Gasteiger partial charge on any atom is 0.156 e. The van der Waals surface area contributed by atoms with Gasteiger partial charge in [0.25, 0.3) is 0 Å². The first-order chi connectivity index (χ1) is 11.1. The lowest BCUT2D eigenvalue weighted by Gasteiger charge is -2.09. The lowest BCUT2D eigenvalue weighted by atomic mass is 10.2. The summed E-state index contributed by atoms with van der Waals surface area (Å²) in [6, 6.07) is 16.8. The minimum Gasteiger partial charge on any atom is -0.368 e. The highest BCUT2D eigenvalue weighted by atomic mass is 32.2. The minimum absolute atomic E-state index is 0.0556.